The third-order valence-electron chi connectivity index (χ3n) is 4.14. The van der Waals surface area contributed by atoms with E-state index in [1.54, 1.807) is 30.3 Å². The van der Waals surface area contributed by atoms with Crippen LogP contribution in [-0.4, -0.2) is 31.2 Å². The number of morpholine rings is 1. The number of hydrogen-bond acceptors (Lipinski definition) is 3. The largest absolute Gasteiger partial charge is 0.372 e. The second kappa shape index (κ2) is 7.94. The zero-order valence-corrected chi connectivity index (χ0v) is 16.8. The van der Waals surface area contributed by atoms with Gasteiger partial charge in [-0.2, -0.15) is 0 Å². The van der Waals surface area contributed by atoms with Crippen LogP contribution in [0.3, 0.4) is 0 Å². The lowest BCUT2D eigenvalue weighted by atomic mass is 10.1. The van der Waals surface area contributed by atoms with E-state index in [2.05, 4.69) is 21.2 Å². The highest BCUT2D eigenvalue weighted by molar-refractivity contribution is 9.10. The summed E-state index contributed by atoms with van der Waals surface area (Å²) < 4.78 is 21.1. The van der Waals surface area contributed by atoms with Crippen LogP contribution in [0, 0.1) is 5.82 Å². The third kappa shape index (κ3) is 4.37. The van der Waals surface area contributed by atoms with Crippen LogP contribution in [0.5, 0.6) is 0 Å². The molecule has 0 saturated carbocycles. The van der Waals surface area contributed by atoms with Crippen molar-refractivity contribution < 1.29 is 13.9 Å². The molecule has 1 aliphatic heterocycles. The molecule has 1 amide bonds. The lowest BCUT2D eigenvalue weighted by Crippen LogP contribution is -2.45. The lowest BCUT2D eigenvalue weighted by Gasteiger charge is -2.37. The summed E-state index contributed by atoms with van der Waals surface area (Å²) in [4.78, 5) is 14.3. The number of carbonyl (C=O) groups is 1. The maximum Gasteiger partial charge on any atom is 0.257 e. The Morgan fingerprint density at radius 1 is 1.23 bits per heavy atom. The zero-order valence-electron chi connectivity index (χ0n) is 14.4. The first-order valence-corrected chi connectivity index (χ1v) is 9.47. The molecule has 138 valence electrons. The van der Waals surface area contributed by atoms with Gasteiger partial charge < -0.3 is 15.0 Å². The number of amides is 1. The number of hydrogen-bond donors (Lipinski definition) is 1. The Bertz CT molecular complexity index is 823. The summed E-state index contributed by atoms with van der Waals surface area (Å²) in [6.45, 7) is 5.19. The first-order chi connectivity index (χ1) is 12.3. The van der Waals surface area contributed by atoms with E-state index in [1.165, 1.54) is 6.07 Å². The highest BCUT2D eigenvalue weighted by Crippen LogP contribution is 2.27. The maximum absolute atomic E-state index is 14.6. The van der Waals surface area contributed by atoms with Gasteiger partial charge in [-0.15, -0.1) is 0 Å². The van der Waals surface area contributed by atoms with Crippen molar-refractivity contribution in [1.29, 1.82) is 0 Å². The molecule has 2 atom stereocenters. The molecule has 3 rings (SSSR count). The SMILES string of the molecule is CC1CN(c2ccc(NC(=O)c3ccc(Br)cc3Cl)cc2F)CC(C)O1. The van der Waals surface area contributed by atoms with E-state index >= 15 is 0 Å². The van der Waals surface area contributed by atoms with Crippen LogP contribution in [0.1, 0.15) is 24.2 Å². The number of nitrogens with one attached hydrogen (secondary N) is 1. The molecule has 0 spiro atoms. The summed E-state index contributed by atoms with van der Waals surface area (Å²) in [6.07, 6.45) is 0.0779. The number of rotatable bonds is 3. The van der Waals surface area contributed by atoms with Crippen LogP contribution in [0.15, 0.2) is 40.9 Å². The second-order valence-electron chi connectivity index (χ2n) is 6.41. The minimum Gasteiger partial charge on any atom is -0.372 e. The Balaban J connectivity index is 1.76. The molecule has 0 aromatic heterocycles. The monoisotopic (exact) mass is 440 g/mol. The van der Waals surface area contributed by atoms with Gasteiger partial charge in [-0.3, -0.25) is 4.79 Å². The fourth-order valence-electron chi connectivity index (χ4n) is 3.09. The Hall–Kier alpha value is -1.63. The molecule has 0 bridgehead atoms. The topological polar surface area (TPSA) is 41.6 Å². The average Bonchev–Trinajstić information content (AvgIpc) is 2.53. The van der Waals surface area contributed by atoms with Crippen molar-refractivity contribution in [3.05, 3.63) is 57.3 Å². The number of carbonyl (C=O) groups excluding carboxylic acids is 1. The summed E-state index contributed by atoms with van der Waals surface area (Å²) in [5.74, 6) is -0.769. The normalized spacial score (nSPS) is 20.1. The van der Waals surface area contributed by atoms with E-state index < -0.39 is 0 Å². The molecule has 4 nitrogen and oxygen atoms in total. The quantitative estimate of drug-likeness (QED) is 0.720. The van der Waals surface area contributed by atoms with Gasteiger partial charge in [-0.1, -0.05) is 27.5 Å². The molecule has 1 saturated heterocycles. The summed E-state index contributed by atoms with van der Waals surface area (Å²) >= 11 is 9.39. The maximum atomic E-state index is 14.6. The standard InChI is InChI=1S/C19H19BrClFN2O2/c1-11-9-24(10-12(2)26-11)18-6-4-14(8-17(18)22)23-19(25)15-5-3-13(20)7-16(15)21/h3-8,11-12H,9-10H2,1-2H3,(H,23,25). The molecule has 0 radical (unpaired) electrons. The van der Waals surface area contributed by atoms with Gasteiger partial charge in [-0.25, -0.2) is 4.39 Å². The molecule has 2 aromatic rings. The molecule has 2 unspecified atom stereocenters. The Morgan fingerprint density at radius 2 is 1.92 bits per heavy atom. The van der Waals surface area contributed by atoms with E-state index in [1.807, 2.05) is 18.7 Å². The van der Waals surface area contributed by atoms with Gasteiger partial charge in [-0.05, 0) is 50.2 Å². The van der Waals surface area contributed by atoms with Crippen LogP contribution < -0.4 is 10.2 Å². The number of anilines is 2. The highest BCUT2D eigenvalue weighted by Gasteiger charge is 2.24. The van der Waals surface area contributed by atoms with Gasteiger partial charge in [0.1, 0.15) is 5.82 Å². The van der Waals surface area contributed by atoms with E-state index in [0.717, 1.165) is 4.47 Å². The van der Waals surface area contributed by atoms with Crippen LogP contribution in [0.2, 0.25) is 5.02 Å². The number of halogens is 3. The predicted molar refractivity (Wildman–Crippen MR) is 106 cm³/mol. The summed E-state index contributed by atoms with van der Waals surface area (Å²) in [6, 6.07) is 9.67. The molecule has 1 fully saturated rings. The van der Waals surface area contributed by atoms with Gasteiger partial charge in [0.2, 0.25) is 0 Å². The Kier molecular flexibility index (Phi) is 5.85. The van der Waals surface area contributed by atoms with Crippen LogP contribution in [0.4, 0.5) is 15.8 Å². The molecular weight excluding hydrogens is 423 g/mol. The van der Waals surface area contributed by atoms with Gasteiger partial charge in [0.15, 0.2) is 0 Å². The Labute approximate surface area is 165 Å². The fraction of sp³-hybridized carbons (Fsp3) is 0.316. The van der Waals surface area contributed by atoms with Crippen molar-refractivity contribution >= 4 is 44.8 Å². The van der Waals surface area contributed by atoms with Gasteiger partial charge in [0.05, 0.1) is 28.5 Å². The van der Waals surface area contributed by atoms with Crippen molar-refractivity contribution in [3.63, 3.8) is 0 Å². The summed E-state index contributed by atoms with van der Waals surface area (Å²) in [5, 5.41) is 3.01. The summed E-state index contributed by atoms with van der Waals surface area (Å²) in [5.41, 5.74) is 1.21. The molecule has 7 heteroatoms. The molecule has 2 aromatic carbocycles. The van der Waals surface area contributed by atoms with E-state index in [-0.39, 0.29) is 23.9 Å². The van der Waals surface area contributed by atoms with Crippen molar-refractivity contribution in [2.75, 3.05) is 23.3 Å². The van der Waals surface area contributed by atoms with Crippen LogP contribution in [-0.2, 0) is 4.74 Å². The first-order valence-electron chi connectivity index (χ1n) is 8.30. The van der Waals surface area contributed by atoms with Gasteiger partial charge in [0.25, 0.3) is 5.91 Å². The lowest BCUT2D eigenvalue weighted by molar-refractivity contribution is -0.00539. The summed E-state index contributed by atoms with van der Waals surface area (Å²) in [7, 11) is 0. The average molecular weight is 442 g/mol. The molecule has 1 N–H and O–H groups in total. The zero-order chi connectivity index (χ0) is 18.8. The number of benzene rings is 2. The molecular formula is C19H19BrClFN2O2. The minimum absolute atomic E-state index is 0.0390. The van der Waals surface area contributed by atoms with Crippen LogP contribution >= 0.6 is 27.5 Å². The molecule has 1 aliphatic rings. The van der Waals surface area contributed by atoms with Crippen LogP contribution in [0.25, 0.3) is 0 Å². The van der Waals surface area contributed by atoms with Crippen molar-refractivity contribution in [3.8, 4) is 0 Å². The van der Waals surface area contributed by atoms with Gasteiger partial charge in [0, 0.05) is 23.2 Å². The molecule has 26 heavy (non-hydrogen) atoms. The highest BCUT2D eigenvalue weighted by atomic mass is 79.9. The Morgan fingerprint density at radius 3 is 2.54 bits per heavy atom. The first kappa shape index (κ1) is 19.1. The van der Waals surface area contributed by atoms with E-state index in [4.69, 9.17) is 16.3 Å². The smallest absolute Gasteiger partial charge is 0.257 e. The second-order valence-corrected chi connectivity index (χ2v) is 7.73. The van der Waals surface area contributed by atoms with Gasteiger partial charge >= 0.3 is 0 Å². The molecule has 1 heterocycles. The third-order valence-corrected chi connectivity index (χ3v) is 4.95. The van der Waals surface area contributed by atoms with E-state index in [0.29, 0.717) is 35.1 Å². The number of ether oxygens (including phenoxy) is 1. The number of nitrogens with zero attached hydrogens (tertiary/aromatic N) is 1. The minimum atomic E-state index is -0.386. The van der Waals surface area contributed by atoms with Crippen molar-refractivity contribution in [1.82, 2.24) is 0 Å². The van der Waals surface area contributed by atoms with Crippen molar-refractivity contribution in [2.45, 2.75) is 26.1 Å². The predicted octanol–water partition coefficient (Wildman–Crippen LogP) is 5.11. The van der Waals surface area contributed by atoms with E-state index in [9.17, 15) is 9.18 Å². The van der Waals surface area contributed by atoms with Crippen molar-refractivity contribution in [2.24, 2.45) is 0 Å². The molecule has 0 aliphatic carbocycles. The fourth-order valence-corrected chi connectivity index (χ4v) is 3.85.